The predicted octanol–water partition coefficient (Wildman–Crippen LogP) is 6.40. The number of hydrogen-bond acceptors (Lipinski definition) is 7. The number of nitrogens with one attached hydrogen (secondary N) is 1. The fourth-order valence-electron chi connectivity index (χ4n) is 4.22. The standard InChI is InChI=1S/C33H34BrN3O6S/c1-5-42-30-9-7-6-8-29(30)37(44(39,40)27-16-12-24(3)13-17-27)21-32(38)36-35-20-26-18-28(34)33(31(19-26)41-4)43-22-25-14-10-23(2)11-15-25/h6-20H,5,21-22H2,1-4H3,(H,36,38)/b35-20-. The number of amides is 1. The van der Waals surface area contributed by atoms with Crippen LogP contribution in [-0.2, 0) is 21.4 Å². The average Bonchev–Trinajstić information content (AvgIpc) is 3.00. The van der Waals surface area contributed by atoms with Gasteiger partial charge in [0.1, 0.15) is 18.9 Å². The molecule has 0 aliphatic carbocycles. The van der Waals surface area contributed by atoms with Gasteiger partial charge in [-0.25, -0.2) is 13.8 Å². The minimum atomic E-state index is -4.13. The van der Waals surface area contributed by atoms with Gasteiger partial charge in [-0.1, -0.05) is 59.7 Å². The van der Waals surface area contributed by atoms with Crippen molar-refractivity contribution in [1.82, 2.24) is 5.43 Å². The SMILES string of the molecule is CCOc1ccccc1N(CC(=O)N/N=C\c1cc(Br)c(OCc2ccc(C)cc2)c(OC)c1)S(=O)(=O)c1ccc(C)cc1. The zero-order valence-electron chi connectivity index (χ0n) is 24.9. The number of benzene rings is 4. The summed E-state index contributed by atoms with van der Waals surface area (Å²) in [6.07, 6.45) is 1.43. The van der Waals surface area contributed by atoms with Gasteiger partial charge in [-0.15, -0.1) is 0 Å². The molecular weight excluding hydrogens is 646 g/mol. The van der Waals surface area contributed by atoms with Crippen LogP contribution >= 0.6 is 15.9 Å². The Morgan fingerprint density at radius 3 is 2.25 bits per heavy atom. The fourth-order valence-corrected chi connectivity index (χ4v) is 6.22. The van der Waals surface area contributed by atoms with E-state index in [1.165, 1.54) is 31.0 Å². The van der Waals surface area contributed by atoms with Crippen LogP contribution in [0.1, 0.15) is 29.2 Å². The molecule has 0 spiro atoms. The van der Waals surface area contributed by atoms with Gasteiger partial charge in [0.25, 0.3) is 15.9 Å². The van der Waals surface area contributed by atoms with E-state index in [1.54, 1.807) is 55.5 Å². The smallest absolute Gasteiger partial charge is 0.264 e. The number of aryl methyl sites for hydroxylation is 2. The monoisotopic (exact) mass is 679 g/mol. The highest BCUT2D eigenvalue weighted by molar-refractivity contribution is 9.10. The predicted molar refractivity (Wildman–Crippen MR) is 175 cm³/mol. The molecule has 0 saturated heterocycles. The zero-order chi connectivity index (χ0) is 31.7. The molecule has 4 aromatic carbocycles. The van der Waals surface area contributed by atoms with Crippen LogP contribution in [0.15, 0.2) is 99.4 Å². The molecule has 0 aromatic heterocycles. The molecule has 0 atom stereocenters. The van der Waals surface area contributed by atoms with Crippen LogP contribution in [0.5, 0.6) is 17.2 Å². The molecule has 0 saturated carbocycles. The van der Waals surface area contributed by atoms with Crippen molar-refractivity contribution in [3.8, 4) is 17.2 Å². The minimum Gasteiger partial charge on any atom is -0.493 e. The van der Waals surface area contributed by atoms with E-state index in [9.17, 15) is 13.2 Å². The number of ether oxygens (including phenoxy) is 3. The lowest BCUT2D eigenvalue weighted by molar-refractivity contribution is -0.119. The number of anilines is 1. The first kappa shape index (κ1) is 32.6. The van der Waals surface area contributed by atoms with Crippen molar-refractivity contribution >= 4 is 43.8 Å². The van der Waals surface area contributed by atoms with Crippen molar-refractivity contribution in [3.63, 3.8) is 0 Å². The zero-order valence-corrected chi connectivity index (χ0v) is 27.3. The molecular formula is C33H34BrN3O6S. The highest BCUT2D eigenvalue weighted by Crippen LogP contribution is 2.37. The van der Waals surface area contributed by atoms with Crippen molar-refractivity contribution in [3.05, 3.63) is 112 Å². The molecule has 0 bridgehead atoms. The van der Waals surface area contributed by atoms with Crippen molar-refractivity contribution < 1.29 is 27.4 Å². The number of sulfonamides is 1. The van der Waals surface area contributed by atoms with E-state index in [-0.39, 0.29) is 10.6 Å². The van der Waals surface area contributed by atoms with E-state index in [0.29, 0.717) is 40.5 Å². The number of carbonyl (C=O) groups is 1. The minimum absolute atomic E-state index is 0.0485. The van der Waals surface area contributed by atoms with E-state index in [0.717, 1.165) is 15.4 Å². The Morgan fingerprint density at radius 1 is 0.932 bits per heavy atom. The van der Waals surface area contributed by atoms with Gasteiger partial charge in [-0.3, -0.25) is 9.10 Å². The quantitative estimate of drug-likeness (QED) is 0.130. The summed E-state index contributed by atoms with van der Waals surface area (Å²) < 4.78 is 46.4. The summed E-state index contributed by atoms with van der Waals surface area (Å²) >= 11 is 3.53. The molecule has 9 nitrogen and oxygen atoms in total. The molecule has 0 fully saturated rings. The van der Waals surface area contributed by atoms with Gasteiger partial charge >= 0.3 is 0 Å². The summed E-state index contributed by atoms with van der Waals surface area (Å²) in [4.78, 5) is 13.1. The van der Waals surface area contributed by atoms with Crippen LogP contribution in [0.3, 0.4) is 0 Å². The summed E-state index contributed by atoms with van der Waals surface area (Å²) in [5.74, 6) is 0.692. The first-order valence-electron chi connectivity index (χ1n) is 13.8. The van der Waals surface area contributed by atoms with Crippen LogP contribution in [-0.4, -0.2) is 40.8 Å². The molecule has 44 heavy (non-hydrogen) atoms. The molecule has 0 aliphatic heterocycles. The molecule has 4 aromatic rings. The first-order valence-corrected chi connectivity index (χ1v) is 16.0. The van der Waals surface area contributed by atoms with Crippen LogP contribution in [0.2, 0.25) is 0 Å². The number of halogens is 1. The molecule has 0 heterocycles. The molecule has 230 valence electrons. The van der Waals surface area contributed by atoms with Crippen LogP contribution < -0.4 is 23.9 Å². The number of rotatable bonds is 13. The van der Waals surface area contributed by atoms with Crippen LogP contribution in [0.4, 0.5) is 5.69 Å². The summed E-state index contributed by atoms with van der Waals surface area (Å²) in [6, 6.07) is 24.6. The number of hydrazone groups is 1. The van der Waals surface area contributed by atoms with Gasteiger partial charge in [-0.05, 0) is 84.2 Å². The molecule has 11 heteroatoms. The number of methoxy groups -OCH3 is 1. The Bertz CT molecular complexity index is 1730. The Hall–Kier alpha value is -4.35. The van der Waals surface area contributed by atoms with Gasteiger partial charge in [0.2, 0.25) is 0 Å². The highest BCUT2D eigenvalue weighted by Gasteiger charge is 2.29. The van der Waals surface area contributed by atoms with E-state index in [2.05, 4.69) is 26.5 Å². The summed E-state index contributed by atoms with van der Waals surface area (Å²) in [6.45, 7) is 5.83. The molecule has 0 unspecified atom stereocenters. The molecule has 1 N–H and O–H groups in total. The summed E-state index contributed by atoms with van der Waals surface area (Å²) in [7, 11) is -2.59. The summed E-state index contributed by atoms with van der Waals surface area (Å²) in [5, 5.41) is 4.07. The number of carbonyl (C=O) groups excluding carboxylic acids is 1. The molecule has 0 aliphatic rings. The van der Waals surface area contributed by atoms with Gasteiger partial charge in [0, 0.05) is 0 Å². The van der Waals surface area contributed by atoms with Gasteiger partial charge in [-0.2, -0.15) is 5.10 Å². The average molecular weight is 681 g/mol. The fraction of sp³-hybridized carbons (Fsp3) is 0.212. The number of hydrogen-bond donors (Lipinski definition) is 1. The maximum absolute atomic E-state index is 13.8. The Labute approximate surface area is 266 Å². The van der Waals surface area contributed by atoms with Crippen molar-refractivity contribution in [2.24, 2.45) is 5.10 Å². The van der Waals surface area contributed by atoms with Crippen LogP contribution in [0, 0.1) is 13.8 Å². The van der Waals surface area contributed by atoms with E-state index in [1.807, 2.05) is 38.1 Å². The first-order chi connectivity index (χ1) is 21.1. The molecule has 4 rings (SSSR count). The third kappa shape index (κ3) is 8.18. The second kappa shape index (κ2) is 14.9. The van der Waals surface area contributed by atoms with E-state index >= 15 is 0 Å². The summed E-state index contributed by atoms with van der Waals surface area (Å²) in [5.41, 5.74) is 6.38. The highest BCUT2D eigenvalue weighted by atomic mass is 79.9. The maximum Gasteiger partial charge on any atom is 0.264 e. The number of nitrogens with zero attached hydrogens (tertiary/aromatic N) is 2. The lowest BCUT2D eigenvalue weighted by atomic mass is 10.2. The van der Waals surface area contributed by atoms with Crippen molar-refractivity contribution in [2.75, 3.05) is 24.6 Å². The molecule has 1 amide bonds. The van der Waals surface area contributed by atoms with E-state index in [4.69, 9.17) is 14.2 Å². The van der Waals surface area contributed by atoms with Gasteiger partial charge in [0.15, 0.2) is 11.5 Å². The second-order valence-electron chi connectivity index (χ2n) is 9.83. The second-order valence-corrected chi connectivity index (χ2v) is 12.5. The third-order valence-corrected chi connectivity index (χ3v) is 8.85. The Kier molecular flexibility index (Phi) is 11.0. The van der Waals surface area contributed by atoms with Gasteiger partial charge < -0.3 is 14.2 Å². The van der Waals surface area contributed by atoms with Gasteiger partial charge in [0.05, 0.1) is 35.0 Å². The van der Waals surface area contributed by atoms with Crippen molar-refractivity contribution in [2.45, 2.75) is 32.3 Å². The maximum atomic E-state index is 13.8. The largest absolute Gasteiger partial charge is 0.493 e. The topological polar surface area (TPSA) is 107 Å². The lowest BCUT2D eigenvalue weighted by Gasteiger charge is -2.25. The molecule has 0 radical (unpaired) electrons. The van der Waals surface area contributed by atoms with Crippen LogP contribution in [0.25, 0.3) is 0 Å². The Balaban J connectivity index is 1.52. The third-order valence-electron chi connectivity index (χ3n) is 6.49. The number of para-hydroxylation sites is 2. The van der Waals surface area contributed by atoms with Crippen molar-refractivity contribution in [1.29, 1.82) is 0 Å². The lowest BCUT2D eigenvalue weighted by Crippen LogP contribution is -2.39. The Morgan fingerprint density at radius 2 is 1.59 bits per heavy atom. The normalized spacial score (nSPS) is 11.3. The van der Waals surface area contributed by atoms with E-state index < -0.39 is 22.5 Å².